The number of non-ortho nitro benzene ring substituents is 1. The van der Waals surface area contributed by atoms with Crippen molar-refractivity contribution in [2.24, 2.45) is 5.14 Å². The van der Waals surface area contributed by atoms with Gasteiger partial charge in [-0.1, -0.05) is 15.9 Å². The summed E-state index contributed by atoms with van der Waals surface area (Å²) >= 11 is 3.03. The Morgan fingerprint density at radius 2 is 2.00 bits per heavy atom. The number of primary sulfonamides is 1. The summed E-state index contributed by atoms with van der Waals surface area (Å²) in [7, 11) is -3.95. The van der Waals surface area contributed by atoms with Crippen molar-refractivity contribution in [2.45, 2.75) is 11.8 Å². The van der Waals surface area contributed by atoms with Crippen LogP contribution in [-0.4, -0.2) is 13.3 Å². The van der Waals surface area contributed by atoms with Crippen molar-refractivity contribution in [2.75, 3.05) is 0 Å². The summed E-state index contributed by atoms with van der Waals surface area (Å²) in [6.45, 7) is 1.51. The number of benzene rings is 1. The highest BCUT2D eigenvalue weighted by Gasteiger charge is 2.19. The van der Waals surface area contributed by atoms with Gasteiger partial charge in [0, 0.05) is 16.6 Å². The lowest BCUT2D eigenvalue weighted by Crippen LogP contribution is -2.14. The first-order valence-corrected chi connectivity index (χ1v) is 6.04. The zero-order valence-electron chi connectivity index (χ0n) is 7.60. The zero-order chi connectivity index (χ0) is 11.8. The van der Waals surface area contributed by atoms with E-state index in [4.69, 9.17) is 5.14 Å². The lowest BCUT2D eigenvalue weighted by molar-refractivity contribution is -0.385. The number of hydrogen-bond acceptors (Lipinski definition) is 4. The van der Waals surface area contributed by atoms with E-state index in [9.17, 15) is 18.5 Å². The van der Waals surface area contributed by atoms with Gasteiger partial charge in [0.2, 0.25) is 10.0 Å². The second kappa shape index (κ2) is 3.87. The average molecular weight is 295 g/mol. The quantitative estimate of drug-likeness (QED) is 0.656. The molecule has 0 aliphatic heterocycles. The molecule has 0 aromatic heterocycles. The van der Waals surface area contributed by atoms with Crippen LogP contribution in [0.4, 0.5) is 5.69 Å². The molecule has 15 heavy (non-hydrogen) atoms. The highest BCUT2D eigenvalue weighted by molar-refractivity contribution is 9.10. The molecule has 8 heteroatoms. The van der Waals surface area contributed by atoms with Crippen LogP contribution >= 0.6 is 15.9 Å². The molecule has 82 valence electrons. The maximum Gasteiger partial charge on any atom is 0.271 e. The number of hydrogen-bond donors (Lipinski definition) is 1. The van der Waals surface area contributed by atoms with Gasteiger partial charge in [-0.2, -0.15) is 0 Å². The smallest absolute Gasteiger partial charge is 0.258 e. The maximum absolute atomic E-state index is 11.1. The van der Waals surface area contributed by atoms with Crippen LogP contribution in [0.25, 0.3) is 0 Å². The molecule has 0 fully saturated rings. The normalized spacial score (nSPS) is 11.4. The van der Waals surface area contributed by atoms with E-state index in [1.807, 2.05) is 0 Å². The summed E-state index contributed by atoms with van der Waals surface area (Å²) in [5.74, 6) is 0. The van der Waals surface area contributed by atoms with Gasteiger partial charge in [0.05, 0.1) is 9.82 Å². The van der Waals surface area contributed by atoms with Gasteiger partial charge < -0.3 is 0 Å². The van der Waals surface area contributed by atoms with Gasteiger partial charge in [-0.25, -0.2) is 13.6 Å². The van der Waals surface area contributed by atoms with Gasteiger partial charge in [-0.3, -0.25) is 10.1 Å². The number of rotatable bonds is 2. The molecule has 6 nitrogen and oxygen atoms in total. The highest BCUT2D eigenvalue weighted by Crippen LogP contribution is 2.28. The van der Waals surface area contributed by atoms with Gasteiger partial charge in [0.1, 0.15) is 0 Å². The Kier molecular flexibility index (Phi) is 3.12. The Labute approximate surface area is 94.4 Å². The summed E-state index contributed by atoms with van der Waals surface area (Å²) in [5, 5.41) is 15.4. The van der Waals surface area contributed by atoms with Crippen LogP contribution in [0.2, 0.25) is 0 Å². The molecular formula is C7H7BrN2O4S. The minimum atomic E-state index is -3.95. The van der Waals surface area contributed by atoms with Gasteiger partial charge in [-0.15, -0.1) is 0 Å². The molecule has 0 saturated heterocycles. The fraction of sp³-hybridized carbons (Fsp3) is 0.143. The molecule has 2 N–H and O–H groups in total. The third-order valence-electron chi connectivity index (χ3n) is 1.80. The van der Waals surface area contributed by atoms with Crippen LogP contribution in [-0.2, 0) is 10.0 Å². The average Bonchev–Trinajstić information content (AvgIpc) is 2.06. The molecule has 1 aromatic carbocycles. The predicted octanol–water partition coefficient (Wildman–Crippen LogP) is 1.31. The van der Waals surface area contributed by atoms with Gasteiger partial charge in [0.25, 0.3) is 5.69 Å². The van der Waals surface area contributed by atoms with Crippen molar-refractivity contribution in [3.05, 3.63) is 32.3 Å². The number of nitrogens with two attached hydrogens (primary N) is 1. The second-order valence-corrected chi connectivity index (χ2v) is 5.24. The summed E-state index contributed by atoms with van der Waals surface area (Å²) in [6.07, 6.45) is 0. The van der Waals surface area contributed by atoms with Crippen LogP contribution in [0.5, 0.6) is 0 Å². The Morgan fingerprint density at radius 3 is 2.40 bits per heavy atom. The first-order chi connectivity index (χ1) is 6.73. The van der Waals surface area contributed by atoms with E-state index >= 15 is 0 Å². The van der Waals surface area contributed by atoms with E-state index < -0.39 is 14.9 Å². The zero-order valence-corrected chi connectivity index (χ0v) is 10.0. The third kappa shape index (κ3) is 2.52. The first kappa shape index (κ1) is 12.1. The molecule has 0 spiro atoms. The Hall–Kier alpha value is -0.990. The lowest BCUT2D eigenvalue weighted by Gasteiger charge is -2.05. The highest BCUT2D eigenvalue weighted by atomic mass is 79.9. The second-order valence-electron chi connectivity index (χ2n) is 2.85. The lowest BCUT2D eigenvalue weighted by atomic mass is 10.2. The predicted molar refractivity (Wildman–Crippen MR) is 56.9 cm³/mol. The summed E-state index contributed by atoms with van der Waals surface area (Å²) in [5.41, 5.74) is 0.0274. The van der Waals surface area contributed by atoms with E-state index in [1.165, 1.54) is 13.0 Å². The fourth-order valence-electron chi connectivity index (χ4n) is 1.04. The van der Waals surface area contributed by atoms with Gasteiger partial charge in [0.15, 0.2) is 0 Å². The molecule has 0 unspecified atom stereocenters. The monoisotopic (exact) mass is 294 g/mol. The number of nitro benzene ring substituents is 1. The molecular weight excluding hydrogens is 288 g/mol. The molecule has 0 amide bonds. The topological polar surface area (TPSA) is 103 Å². The molecule has 0 atom stereocenters. The molecule has 0 bridgehead atoms. The Morgan fingerprint density at radius 1 is 1.47 bits per heavy atom. The van der Waals surface area contributed by atoms with E-state index in [2.05, 4.69) is 15.9 Å². The van der Waals surface area contributed by atoms with E-state index in [1.54, 1.807) is 0 Å². The van der Waals surface area contributed by atoms with Crippen LogP contribution in [0.15, 0.2) is 21.5 Å². The number of sulfonamides is 1. The van der Waals surface area contributed by atoms with E-state index in [-0.39, 0.29) is 10.6 Å². The van der Waals surface area contributed by atoms with Gasteiger partial charge >= 0.3 is 0 Å². The Balaban J connectivity index is 3.59. The molecule has 0 saturated carbocycles. The summed E-state index contributed by atoms with van der Waals surface area (Å²) < 4.78 is 22.6. The van der Waals surface area contributed by atoms with Crippen LogP contribution in [0.1, 0.15) is 5.56 Å². The minimum absolute atomic E-state index is 0.247. The van der Waals surface area contributed by atoms with Crippen molar-refractivity contribution in [3.63, 3.8) is 0 Å². The van der Waals surface area contributed by atoms with Crippen LogP contribution in [0, 0.1) is 17.0 Å². The number of halogens is 1. The Bertz CT molecular complexity index is 526. The largest absolute Gasteiger partial charge is 0.271 e. The molecule has 1 rings (SSSR count). The van der Waals surface area contributed by atoms with Crippen molar-refractivity contribution < 1.29 is 13.3 Å². The summed E-state index contributed by atoms with van der Waals surface area (Å²) in [6, 6.07) is 2.17. The molecule has 0 aliphatic carbocycles. The third-order valence-corrected chi connectivity index (χ3v) is 3.66. The molecule has 0 aliphatic rings. The molecule has 0 heterocycles. The molecule has 0 radical (unpaired) electrons. The van der Waals surface area contributed by atoms with Crippen LogP contribution < -0.4 is 5.14 Å². The van der Waals surface area contributed by atoms with Crippen molar-refractivity contribution in [3.8, 4) is 0 Å². The molecule has 1 aromatic rings. The first-order valence-electron chi connectivity index (χ1n) is 3.71. The SMILES string of the molecule is Cc1c(Br)cc([N+](=O)[O-])cc1S(N)(=O)=O. The van der Waals surface area contributed by atoms with Crippen LogP contribution in [0.3, 0.4) is 0 Å². The fourth-order valence-corrected chi connectivity index (χ4v) is 2.44. The summed E-state index contributed by atoms with van der Waals surface area (Å²) in [4.78, 5) is 9.56. The number of nitrogens with zero attached hydrogens (tertiary/aromatic N) is 1. The van der Waals surface area contributed by atoms with E-state index in [0.29, 0.717) is 10.0 Å². The minimum Gasteiger partial charge on any atom is -0.258 e. The van der Waals surface area contributed by atoms with Crippen molar-refractivity contribution in [1.29, 1.82) is 0 Å². The standard InChI is InChI=1S/C7H7BrN2O4S/c1-4-6(8)2-5(10(11)12)3-7(4)15(9,13)14/h2-3H,1H3,(H2,9,13,14). The van der Waals surface area contributed by atoms with Crippen molar-refractivity contribution in [1.82, 2.24) is 0 Å². The number of nitro groups is 1. The van der Waals surface area contributed by atoms with E-state index in [0.717, 1.165) is 6.07 Å². The maximum atomic E-state index is 11.1. The van der Waals surface area contributed by atoms with Gasteiger partial charge in [-0.05, 0) is 12.5 Å². The van der Waals surface area contributed by atoms with Crippen molar-refractivity contribution >= 4 is 31.6 Å².